The van der Waals surface area contributed by atoms with Crippen molar-refractivity contribution in [2.24, 2.45) is 5.73 Å². The summed E-state index contributed by atoms with van der Waals surface area (Å²) in [6, 6.07) is 4.38. The van der Waals surface area contributed by atoms with E-state index < -0.39 is 0 Å². The summed E-state index contributed by atoms with van der Waals surface area (Å²) in [5.74, 6) is 1.59. The van der Waals surface area contributed by atoms with Crippen LogP contribution < -0.4 is 5.73 Å². The number of oxazole rings is 1. The van der Waals surface area contributed by atoms with E-state index in [9.17, 15) is 0 Å². The first kappa shape index (κ1) is 12.8. The number of aromatic nitrogens is 1. The van der Waals surface area contributed by atoms with Crippen LogP contribution in [0.2, 0.25) is 0 Å². The fraction of sp³-hybridized carbons (Fsp3) is 0.400. The summed E-state index contributed by atoms with van der Waals surface area (Å²) in [4.78, 5) is 4.55. The van der Waals surface area contributed by atoms with Gasteiger partial charge in [0.2, 0.25) is 0 Å². The van der Waals surface area contributed by atoms with E-state index in [1.807, 2.05) is 6.92 Å². The Morgan fingerprint density at radius 3 is 2.39 bits per heavy atom. The monoisotopic (exact) mass is 244 g/mol. The van der Waals surface area contributed by atoms with Crippen LogP contribution >= 0.6 is 0 Å². The normalized spacial score (nSPS) is 10.9. The highest BCUT2D eigenvalue weighted by Gasteiger charge is 2.14. The van der Waals surface area contributed by atoms with Crippen LogP contribution in [0.1, 0.15) is 28.3 Å². The van der Waals surface area contributed by atoms with Gasteiger partial charge >= 0.3 is 0 Å². The fourth-order valence-electron chi connectivity index (χ4n) is 2.15. The van der Waals surface area contributed by atoms with Gasteiger partial charge in [0.15, 0.2) is 5.89 Å². The van der Waals surface area contributed by atoms with Gasteiger partial charge in [0.05, 0.1) is 0 Å². The summed E-state index contributed by atoms with van der Waals surface area (Å²) in [5.41, 5.74) is 11.4. The molecule has 2 rings (SSSR count). The average molecular weight is 244 g/mol. The highest BCUT2D eigenvalue weighted by molar-refractivity contribution is 5.67. The van der Waals surface area contributed by atoms with Crippen LogP contribution in [-0.4, -0.2) is 11.5 Å². The van der Waals surface area contributed by atoms with E-state index in [0.717, 1.165) is 22.9 Å². The predicted molar refractivity (Wildman–Crippen MR) is 73.6 cm³/mol. The number of aryl methyl sites for hydroxylation is 4. The van der Waals surface area contributed by atoms with Crippen molar-refractivity contribution in [3.05, 3.63) is 40.5 Å². The zero-order valence-electron chi connectivity index (χ0n) is 11.5. The molecule has 18 heavy (non-hydrogen) atoms. The predicted octanol–water partition coefficient (Wildman–Crippen LogP) is 3.08. The Bertz CT molecular complexity index is 570. The van der Waals surface area contributed by atoms with Crippen LogP contribution in [0.5, 0.6) is 0 Å². The Balaban J connectivity index is 2.51. The molecule has 0 atom stereocenters. The van der Waals surface area contributed by atoms with Crippen molar-refractivity contribution in [2.75, 3.05) is 6.54 Å². The SMILES string of the molecule is Cc1cc(C)c(-c2nc(CCN)oc2C)cc1C. The Hall–Kier alpha value is -1.61. The Labute approximate surface area is 108 Å². The number of nitrogens with two attached hydrogens (primary N) is 1. The lowest BCUT2D eigenvalue weighted by atomic mass is 9.98. The van der Waals surface area contributed by atoms with Gasteiger partial charge in [-0.05, 0) is 50.5 Å². The summed E-state index contributed by atoms with van der Waals surface area (Å²) in [6.45, 7) is 8.87. The number of hydrogen-bond donors (Lipinski definition) is 1. The highest BCUT2D eigenvalue weighted by atomic mass is 16.4. The molecule has 3 nitrogen and oxygen atoms in total. The fourth-order valence-corrected chi connectivity index (χ4v) is 2.15. The summed E-state index contributed by atoms with van der Waals surface area (Å²) in [5, 5.41) is 0. The lowest BCUT2D eigenvalue weighted by Crippen LogP contribution is -2.02. The van der Waals surface area contributed by atoms with Crippen molar-refractivity contribution in [1.82, 2.24) is 4.98 Å². The summed E-state index contributed by atoms with van der Waals surface area (Å²) in [7, 11) is 0. The summed E-state index contributed by atoms with van der Waals surface area (Å²) >= 11 is 0. The van der Waals surface area contributed by atoms with Gasteiger partial charge in [0.25, 0.3) is 0 Å². The molecule has 2 aromatic rings. The Kier molecular flexibility index (Phi) is 3.53. The maximum Gasteiger partial charge on any atom is 0.196 e. The number of rotatable bonds is 3. The van der Waals surface area contributed by atoms with Crippen molar-refractivity contribution in [3.8, 4) is 11.3 Å². The quantitative estimate of drug-likeness (QED) is 0.902. The first-order valence-electron chi connectivity index (χ1n) is 6.27. The average Bonchev–Trinajstić information content (AvgIpc) is 2.65. The maximum absolute atomic E-state index is 5.64. The molecule has 0 aliphatic carbocycles. The minimum Gasteiger partial charge on any atom is -0.445 e. The lowest BCUT2D eigenvalue weighted by molar-refractivity contribution is 0.473. The van der Waals surface area contributed by atoms with E-state index >= 15 is 0 Å². The van der Waals surface area contributed by atoms with E-state index in [2.05, 4.69) is 37.9 Å². The minimum atomic E-state index is 0.561. The summed E-state index contributed by atoms with van der Waals surface area (Å²) in [6.07, 6.45) is 0.685. The number of hydrogen-bond acceptors (Lipinski definition) is 3. The molecule has 3 heteroatoms. The molecule has 0 amide bonds. The molecule has 0 bridgehead atoms. The Morgan fingerprint density at radius 1 is 1.06 bits per heavy atom. The molecular weight excluding hydrogens is 224 g/mol. The van der Waals surface area contributed by atoms with Gasteiger partial charge in [-0.15, -0.1) is 0 Å². The van der Waals surface area contributed by atoms with Gasteiger partial charge in [-0.3, -0.25) is 0 Å². The van der Waals surface area contributed by atoms with Gasteiger partial charge in [0, 0.05) is 18.5 Å². The van der Waals surface area contributed by atoms with Gasteiger partial charge in [0.1, 0.15) is 11.5 Å². The first-order valence-corrected chi connectivity index (χ1v) is 6.27. The standard InChI is InChI=1S/C15H20N2O/c1-9-7-11(3)13(8-10(9)2)15-12(4)18-14(17-15)5-6-16/h7-8H,5-6,16H2,1-4H3. The largest absolute Gasteiger partial charge is 0.445 e. The van der Waals surface area contributed by atoms with Gasteiger partial charge in [-0.25, -0.2) is 4.98 Å². The molecule has 0 aliphatic rings. The molecule has 0 radical (unpaired) electrons. The number of benzene rings is 1. The second-order valence-electron chi connectivity index (χ2n) is 4.80. The smallest absolute Gasteiger partial charge is 0.196 e. The molecule has 2 N–H and O–H groups in total. The second-order valence-corrected chi connectivity index (χ2v) is 4.80. The van der Waals surface area contributed by atoms with Crippen molar-refractivity contribution < 1.29 is 4.42 Å². The van der Waals surface area contributed by atoms with Crippen molar-refractivity contribution >= 4 is 0 Å². The van der Waals surface area contributed by atoms with E-state index in [1.165, 1.54) is 16.7 Å². The zero-order chi connectivity index (χ0) is 13.3. The third kappa shape index (κ3) is 2.31. The third-order valence-corrected chi connectivity index (χ3v) is 3.29. The van der Waals surface area contributed by atoms with E-state index in [-0.39, 0.29) is 0 Å². The molecule has 96 valence electrons. The first-order chi connectivity index (χ1) is 8.52. The molecule has 1 heterocycles. The highest BCUT2D eigenvalue weighted by Crippen LogP contribution is 2.28. The number of nitrogens with zero attached hydrogens (tertiary/aromatic N) is 1. The van der Waals surface area contributed by atoms with Crippen LogP contribution in [0.15, 0.2) is 16.5 Å². The molecule has 0 spiro atoms. The van der Waals surface area contributed by atoms with Gasteiger partial charge < -0.3 is 10.2 Å². The van der Waals surface area contributed by atoms with Crippen LogP contribution in [0, 0.1) is 27.7 Å². The topological polar surface area (TPSA) is 52.0 Å². The third-order valence-electron chi connectivity index (χ3n) is 3.29. The molecule has 0 unspecified atom stereocenters. The van der Waals surface area contributed by atoms with Crippen molar-refractivity contribution in [1.29, 1.82) is 0 Å². The van der Waals surface area contributed by atoms with Gasteiger partial charge in [-0.1, -0.05) is 6.07 Å². The summed E-state index contributed by atoms with van der Waals surface area (Å²) < 4.78 is 5.64. The van der Waals surface area contributed by atoms with Gasteiger partial charge in [-0.2, -0.15) is 0 Å². The second kappa shape index (κ2) is 4.94. The van der Waals surface area contributed by atoms with E-state index in [4.69, 9.17) is 10.2 Å². The maximum atomic E-state index is 5.64. The van der Waals surface area contributed by atoms with Crippen LogP contribution in [0.25, 0.3) is 11.3 Å². The lowest BCUT2D eigenvalue weighted by Gasteiger charge is -2.07. The van der Waals surface area contributed by atoms with Crippen LogP contribution in [0.3, 0.4) is 0 Å². The Morgan fingerprint density at radius 2 is 1.72 bits per heavy atom. The molecule has 1 aromatic heterocycles. The minimum absolute atomic E-state index is 0.561. The van der Waals surface area contributed by atoms with Crippen LogP contribution in [-0.2, 0) is 6.42 Å². The molecule has 0 aliphatic heterocycles. The van der Waals surface area contributed by atoms with Crippen LogP contribution in [0.4, 0.5) is 0 Å². The molecule has 1 aromatic carbocycles. The van der Waals surface area contributed by atoms with Crippen molar-refractivity contribution in [3.63, 3.8) is 0 Å². The molecular formula is C15H20N2O. The van der Waals surface area contributed by atoms with Crippen molar-refractivity contribution in [2.45, 2.75) is 34.1 Å². The molecule has 0 saturated heterocycles. The van der Waals surface area contributed by atoms with E-state index in [0.29, 0.717) is 13.0 Å². The molecule has 0 saturated carbocycles. The molecule has 0 fully saturated rings. The zero-order valence-corrected chi connectivity index (χ0v) is 11.5. The van der Waals surface area contributed by atoms with E-state index in [1.54, 1.807) is 0 Å².